The standard InChI is InChI=1S/C8H12NP/c1-10(2)8-5-3-7(9)4-6-8/h3-6H,9H2,1-2H3. The summed E-state index contributed by atoms with van der Waals surface area (Å²) in [5, 5.41) is 1.41. The summed E-state index contributed by atoms with van der Waals surface area (Å²) in [6.07, 6.45) is 0. The van der Waals surface area contributed by atoms with E-state index in [4.69, 9.17) is 5.73 Å². The molecule has 0 aliphatic heterocycles. The first-order chi connectivity index (χ1) is 4.70. The molecule has 1 rings (SSSR count). The van der Waals surface area contributed by atoms with Gasteiger partial charge in [0.05, 0.1) is 0 Å². The van der Waals surface area contributed by atoms with E-state index in [1.807, 2.05) is 12.1 Å². The topological polar surface area (TPSA) is 26.0 Å². The van der Waals surface area contributed by atoms with E-state index in [1.54, 1.807) is 0 Å². The zero-order chi connectivity index (χ0) is 7.56. The largest absolute Gasteiger partial charge is 0.399 e. The predicted octanol–water partition coefficient (Wildman–Crippen LogP) is 1.64. The van der Waals surface area contributed by atoms with Gasteiger partial charge in [-0.1, -0.05) is 20.1 Å². The average Bonchev–Trinajstić information content (AvgIpc) is 1.88. The van der Waals surface area contributed by atoms with Crippen LogP contribution in [0.5, 0.6) is 0 Å². The molecule has 1 aromatic carbocycles. The minimum Gasteiger partial charge on any atom is -0.399 e. The Labute approximate surface area is 63.0 Å². The van der Waals surface area contributed by atoms with Crippen LogP contribution in [-0.2, 0) is 0 Å². The number of benzene rings is 1. The van der Waals surface area contributed by atoms with Crippen molar-refractivity contribution in [3.05, 3.63) is 24.3 Å². The Morgan fingerprint density at radius 1 is 1.10 bits per heavy atom. The Morgan fingerprint density at radius 2 is 1.60 bits per heavy atom. The molecule has 0 aromatic heterocycles. The molecule has 0 spiro atoms. The van der Waals surface area contributed by atoms with Crippen molar-refractivity contribution in [2.45, 2.75) is 0 Å². The molecule has 0 aliphatic rings. The van der Waals surface area contributed by atoms with Crippen molar-refractivity contribution in [2.75, 3.05) is 19.1 Å². The van der Waals surface area contributed by atoms with E-state index in [-0.39, 0.29) is 7.92 Å². The van der Waals surface area contributed by atoms with Crippen LogP contribution in [0.2, 0.25) is 0 Å². The molecule has 2 N–H and O–H groups in total. The molecule has 10 heavy (non-hydrogen) atoms. The second-order valence-electron chi connectivity index (χ2n) is 2.49. The van der Waals surface area contributed by atoms with Crippen molar-refractivity contribution in [3.63, 3.8) is 0 Å². The van der Waals surface area contributed by atoms with Crippen molar-refractivity contribution in [1.82, 2.24) is 0 Å². The van der Waals surface area contributed by atoms with E-state index in [9.17, 15) is 0 Å². The molecule has 0 saturated heterocycles. The number of hydrogen-bond acceptors (Lipinski definition) is 1. The third kappa shape index (κ3) is 1.71. The van der Waals surface area contributed by atoms with Gasteiger partial charge in [-0.15, -0.1) is 0 Å². The molecule has 0 bridgehead atoms. The second kappa shape index (κ2) is 3.03. The Kier molecular flexibility index (Phi) is 2.29. The lowest BCUT2D eigenvalue weighted by Gasteiger charge is -2.04. The Balaban J connectivity index is 2.89. The Morgan fingerprint density at radius 3 is 2.00 bits per heavy atom. The lowest BCUT2D eigenvalue weighted by atomic mass is 10.3. The molecule has 0 saturated carbocycles. The highest BCUT2D eigenvalue weighted by atomic mass is 31.1. The van der Waals surface area contributed by atoms with E-state index in [2.05, 4.69) is 25.5 Å². The molecule has 1 nitrogen and oxygen atoms in total. The lowest BCUT2D eigenvalue weighted by Crippen LogP contribution is -1.98. The van der Waals surface area contributed by atoms with Crippen molar-refractivity contribution < 1.29 is 0 Å². The molecule has 54 valence electrons. The smallest absolute Gasteiger partial charge is 0.0314 e. The number of rotatable bonds is 1. The fourth-order valence-corrected chi connectivity index (χ4v) is 1.52. The highest BCUT2D eigenvalue weighted by Crippen LogP contribution is 2.23. The molecule has 2 heteroatoms. The highest BCUT2D eigenvalue weighted by molar-refractivity contribution is 7.64. The minimum absolute atomic E-state index is 0.0365. The van der Waals surface area contributed by atoms with Gasteiger partial charge in [0, 0.05) is 5.69 Å². The van der Waals surface area contributed by atoms with Gasteiger partial charge in [0.15, 0.2) is 0 Å². The van der Waals surface area contributed by atoms with Gasteiger partial charge in [-0.2, -0.15) is 0 Å². The van der Waals surface area contributed by atoms with E-state index in [0.717, 1.165) is 5.69 Å². The normalized spacial score (nSPS) is 10.3. The third-order valence-corrected chi connectivity index (χ3v) is 2.74. The molecule has 0 fully saturated rings. The third-order valence-electron chi connectivity index (χ3n) is 1.41. The van der Waals surface area contributed by atoms with Crippen LogP contribution in [0.15, 0.2) is 24.3 Å². The van der Waals surface area contributed by atoms with Gasteiger partial charge < -0.3 is 5.73 Å². The summed E-state index contributed by atoms with van der Waals surface area (Å²) in [6, 6.07) is 8.11. The molecule has 0 amide bonds. The summed E-state index contributed by atoms with van der Waals surface area (Å²) >= 11 is 0. The van der Waals surface area contributed by atoms with E-state index in [0.29, 0.717) is 0 Å². The first-order valence-corrected chi connectivity index (χ1v) is 5.46. The molecular formula is C8H12NP. The van der Waals surface area contributed by atoms with Crippen LogP contribution in [0.25, 0.3) is 0 Å². The SMILES string of the molecule is CP(C)c1ccc(N)cc1. The number of nitrogens with two attached hydrogens (primary N) is 1. The van der Waals surface area contributed by atoms with E-state index < -0.39 is 0 Å². The van der Waals surface area contributed by atoms with Crippen molar-refractivity contribution >= 4 is 18.9 Å². The van der Waals surface area contributed by atoms with Crippen LogP contribution in [-0.4, -0.2) is 13.3 Å². The zero-order valence-corrected chi connectivity index (χ0v) is 7.23. The predicted molar refractivity (Wildman–Crippen MR) is 49.3 cm³/mol. The van der Waals surface area contributed by atoms with Gasteiger partial charge >= 0.3 is 0 Å². The van der Waals surface area contributed by atoms with Crippen molar-refractivity contribution in [1.29, 1.82) is 0 Å². The first-order valence-electron chi connectivity index (χ1n) is 3.23. The summed E-state index contributed by atoms with van der Waals surface area (Å²) in [5.74, 6) is 0. The molecule has 0 radical (unpaired) electrons. The molecule has 0 heterocycles. The lowest BCUT2D eigenvalue weighted by molar-refractivity contribution is 1.73. The van der Waals surface area contributed by atoms with Crippen LogP contribution in [0, 0.1) is 0 Å². The molecule has 0 atom stereocenters. The monoisotopic (exact) mass is 153 g/mol. The van der Waals surface area contributed by atoms with E-state index in [1.165, 1.54) is 5.30 Å². The van der Waals surface area contributed by atoms with Crippen molar-refractivity contribution in [2.24, 2.45) is 0 Å². The van der Waals surface area contributed by atoms with Gasteiger partial charge in [-0.3, -0.25) is 0 Å². The van der Waals surface area contributed by atoms with Crippen LogP contribution >= 0.6 is 7.92 Å². The van der Waals surface area contributed by atoms with Gasteiger partial charge in [-0.05, 0) is 30.8 Å². The van der Waals surface area contributed by atoms with Crippen LogP contribution in [0.4, 0.5) is 5.69 Å². The van der Waals surface area contributed by atoms with Crippen LogP contribution < -0.4 is 11.0 Å². The van der Waals surface area contributed by atoms with Gasteiger partial charge in [0.25, 0.3) is 0 Å². The number of nitrogen functional groups attached to an aromatic ring is 1. The minimum atomic E-state index is 0.0365. The summed E-state index contributed by atoms with van der Waals surface area (Å²) in [7, 11) is 0.0365. The highest BCUT2D eigenvalue weighted by Gasteiger charge is 1.94. The summed E-state index contributed by atoms with van der Waals surface area (Å²) in [5.41, 5.74) is 6.38. The molecule has 0 unspecified atom stereocenters. The zero-order valence-electron chi connectivity index (χ0n) is 6.33. The average molecular weight is 153 g/mol. The van der Waals surface area contributed by atoms with Gasteiger partial charge in [0.2, 0.25) is 0 Å². The van der Waals surface area contributed by atoms with Crippen LogP contribution in [0.1, 0.15) is 0 Å². The fourth-order valence-electron chi connectivity index (χ4n) is 0.772. The molecule has 1 aromatic rings. The summed E-state index contributed by atoms with van der Waals surface area (Å²) in [6.45, 7) is 4.47. The number of anilines is 1. The maximum Gasteiger partial charge on any atom is 0.0314 e. The maximum absolute atomic E-state index is 5.53. The first kappa shape index (κ1) is 7.56. The number of hydrogen-bond donors (Lipinski definition) is 1. The van der Waals surface area contributed by atoms with Gasteiger partial charge in [0.1, 0.15) is 0 Å². The second-order valence-corrected chi connectivity index (χ2v) is 4.79. The molecular weight excluding hydrogens is 141 g/mol. The Hall–Kier alpha value is -0.550. The maximum atomic E-state index is 5.53. The van der Waals surface area contributed by atoms with E-state index >= 15 is 0 Å². The Bertz CT molecular complexity index is 203. The fraction of sp³-hybridized carbons (Fsp3) is 0.250. The van der Waals surface area contributed by atoms with Crippen LogP contribution in [0.3, 0.4) is 0 Å². The molecule has 0 aliphatic carbocycles. The summed E-state index contributed by atoms with van der Waals surface area (Å²) in [4.78, 5) is 0. The van der Waals surface area contributed by atoms with Crippen molar-refractivity contribution in [3.8, 4) is 0 Å². The van der Waals surface area contributed by atoms with Gasteiger partial charge in [-0.25, -0.2) is 0 Å². The quantitative estimate of drug-likeness (QED) is 0.481. The summed E-state index contributed by atoms with van der Waals surface area (Å²) < 4.78 is 0.